The number of hydrogen-bond donors (Lipinski definition) is 1. The first-order valence-electron chi connectivity index (χ1n) is 9.53. The van der Waals surface area contributed by atoms with E-state index < -0.39 is 69.6 Å². The number of sulfone groups is 1. The second-order valence-electron chi connectivity index (χ2n) is 7.24. The van der Waals surface area contributed by atoms with Crippen LogP contribution in [0.1, 0.15) is 11.1 Å². The van der Waals surface area contributed by atoms with Crippen molar-refractivity contribution in [2.75, 3.05) is 35.9 Å². The van der Waals surface area contributed by atoms with Gasteiger partial charge in [0.1, 0.15) is 5.82 Å². The van der Waals surface area contributed by atoms with Crippen molar-refractivity contribution in [3.63, 3.8) is 0 Å². The Hall–Kier alpha value is -3.10. The molecule has 1 unspecified atom stereocenters. The molecule has 2 amide bonds. The standard InChI is InChI=1S/C19H17F7N4O3S/c20-11-34(32,33)15-10-29(16-14(19(24,25)26)2-1-7-27-16)8-9-30(15)17(31)28-13-5-3-12(4-6-13)18(21,22)23/h1-7,15H,8-11H2,(H,28,31). The summed E-state index contributed by atoms with van der Waals surface area (Å²) in [7, 11) is -4.62. The number of halogens is 7. The van der Waals surface area contributed by atoms with Gasteiger partial charge in [-0.05, 0) is 36.4 Å². The zero-order valence-corrected chi connectivity index (χ0v) is 17.9. The summed E-state index contributed by atoms with van der Waals surface area (Å²) in [6.45, 7) is -1.39. The van der Waals surface area contributed by atoms with Gasteiger partial charge in [0.15, 0.2) is 11.4 Å². The molecule has 34 heavy (non-hydrogen) atoms. The van der Waals surface area contributed by atoms with Gasteiger partial charge in [0.2, 0.25) is 9.84 Å². The van der Waals surface area contributed by atoms with Crippen molar-refractivity contribution in [2.24, 2.45) is 0 Å². The fraction of sp³-hybridized carbons (Fsp3) is 0.368. The molecule has 0 aliphatic carbocycles. The minimum absolute atomic E-state index is 0.0964. The molecule has 1 aliphatic heterocycles. The molecule has 2 aromatic rings. The van der Waals surface area contributed by atoms with Gasteiger partial charge in [-0.3, -0.25) is 0 Å². The summed E-state index contributed by atoms with van der Waals surface area (Å²) in [6.07, 6.45) is -8.33. The number of nitrogens with one attached hydrogen (secondary N) is 1. The summed E-state index contributed by atoms with van der Waals surface area (Å²) in [6, 6.07) is 2.13. The lowest BCUT2D eigenvalue weighted by atomic mass is 10.2. The van der Waals surface area contributed by atoms with Gasteiger partial charge in [0.25, 0.3) is 0 Å². The number of hydrogen-bond acceptors (Lipinski definition) is 5. The molecule has 0 spiro atoms. The van der Waals surface area contributed by atoms with Gasteiger partial charge >= 0.3 is 18.4 Å². The van der Waals surface area contributed by atoms with Gasteiger partial charge in [-0.25, -0.2) is 22.6 Å². The van der Waals surface area contributed by atoms with E-state index in [1.54, 1.807) is 0 Å². The molecule has 3 rings (SSSR count). The molecule has 7 nitrogen and oxygen atoms in total. The summed E-state index contributed by atoms with van der Waals surface area (Å²) < 4.78 is 116. The van der Waals surface area contributed by atoms with Crippen molar-refractivity contribution in [3.8, 4) is 0 Å². The van der Waals surface area contributed by atoms with Gasteiger partial charge in [-0.2, -0.15) is 26.3 Å². The van der Waals surface area contributed by atoms with E-state index in [9.17, 15) is 43.9 Å². The number of aromatic nitrogens is 1. The number of benzene rings is 1. The summed E-state index contributed by atoms with van der Waals surface area (Å²) in [5.74, 6) is -0.572. The molecule has 1 aliphatic rings. The predicted octanol–water partition coefficient (Wildman–Crippen LogP) is 4.14. The topological polar surface area (TPSA) is 82.6 Å². The van der Waals surface area contributed by atoms with Gasteiger partial charge in [0, 0.05) is 25.0 Å². The van der Waals surface area contributed by atoms with Gasteiger partial charge in [-0.1, -0.05) is 0 Å². The average Bonchev–Trinajstić information content (AvgIpc) is 2.78. The molecular weight excluding hydrogens is 497 g/mol. The van der Waals surface area contributed by atoms with Crippen LogP contribution in [0.4, 0.5) is 47.0 Å². The Morgan fingerprint density at radius 3 is 2.24 bits per heavy atom. The molecule has 1 aromatic carbocycles. The number of carbonyl (C=O) groups excluding carboxylic acids is 1. The first-order chi connectivity index (χ1) is 15.7. The van der Waals surface area contributed by atoms with Crippen LogP contribution < -0.4 is 10.2 Å². The third-order valence-corrected chi connectivity index (χ3v) is 6.55. The van der Waals surface area contributed by atoms with Crippen molar-refractivity contribution in [1.29, 1.82) is 0 Å². The SMILES string of the molecule is O=C(Nc1ccc(C(F)(F)F)cc1)N1CCN(c2ncccc2C(F)(F)F)CC1S(=O)(=O)CF. The van der Waals surface area contributed by atoms with Crippen LogP contribution in [0.25, 0.3) is 0 Å². The van der Waals surface area contributed by atoms with Crippen molar-refractivity contribution in [2.45, 2.75) is 17.7 Å². The lowest BCUT2D eigenvalue weighted by Crippen LogP contribution is -2.59. The first kappa shape index (κ1) is 25.5. The monoisotopic (exact) mass is 514 g/mol. The maximum absolute atomic E-state index is 13.4. The lowest BCUT2D eigenvalue weighted by Gasteiger charge is -2.41. The van der Waals surface area contributed by atoms with E-state index in [0.717, 1.165) is 35.4 Å². The number of rotatable bonds is 4. The van der Waals surface area contributed by atoms with E-state index in [4.69, 9.17) is 0 Å². The third kappa shape index (κ3) is 5.51. The zero-order valence-electron chi connectivity index (χ0n) is 17.1. The van der Waals surface area contributed by atoms with Crippen molar-refractivity contribution >= 4 is 27.4 Å². The van der Waals surface area contributed by atoms with Crippen LogP contribution in [-0.4, -0.2) is 55.3 Å². The smallest absolute Gasteiger partial charge is 0.351 e. The molecule has 1 aromatic heterocycles. The minimum atomic E-state index is -4.80. The van der Waals surface area contributed by atoms with Crippen LogP contribution in [0.2, 0.25) is 0 Å². The number of alkyl halides is 7. The van der Waals surface area contributed by atoms with E-state index in [1.807, 2.05) is 0 Å². The largest absolute Gasteiger partial charge is 0.419 e. The van der Waals surface area contributed by atoms with Crippen molar-refractivity contribution in [3.05, 3.63) is 53.7 Å². The highest BCUT2D eigenvalue weighted by molar-refractivity contribution is 7.91. The van der Waals surface area contributed by atoms with E-state index in [2.05, 4.69) is 10.3 Å². The van der Waals surface area contributed by atoms with Crippen molar-refractivity contribution in [1.82, 2.24) is 9.88 Å². The molecule has 0 bridgehead atoms. The number of urea groups is 1. The van der Waals surface area contributed by atoms with Crippen molar-refractivity contribution < 1.29 is 43.9 Å². The molecule has 1 N–H and O–H groups in total. The van der Waals surface area contributed by atoms with Crippen LogP contribution in [0.15, 0.2) is 42.6 Å². The van der Waals surface area contributed by atoms with E-state index in [1.165, 1.54) is 0 Å². The Balaban J connectivity index is 1.85. The fourth-order valence-electron chi connectivity index (χ4n) is 3.36. The van der Waals surface area contributed by atoms with E-state index in [-0.39, 0.29) is 12.2 Å². The Labute approximate surface area is 189 Å². The molecule has 2 heterocycles. The molecule has 0 radical (unpaired) electrons. The zero-order chi connectivity index (χ0) is 25.3. The lowest BCUT2D eigenvalue weighted by molar-refractivity contribution is -0.138. The maximum Gasteiger partial charge on any atom is 0.419 e. The molecule has 1 fully saturated rings. The molecule has 1 saturated heterocycles. The highest BCUT2D eigenvalue weighted by Crippen LogP contribution is 2.36. The maximum atomic E-state index is 13.4. The second kappa shape index (κ2) is 9.27. The molecule has 15 heteroatoms. The first-order valence-corrected chi connectivity index (χ1v) is 11.2. The third-order valence-electron chi connectivity index (χ3n) is 5.02. The van der Waals surface area contributed by atoms with Crippen LogP contribution in [0.3, 0.4) is 0 Å². The Kier molecular flexibility index (Phi) is 6.96. The van der Waals surface area contributed by atoms with Crippen LogP contribution in [-0.2, 0) is 22.2 Å². The highest BCUT2D eigenvalue weighted by Gasteiger charge is 2.42. The summed E-state index contributed by atoms with van der Waals surface area (Å²) in [4.78, 5) is 18.1. The molecule has 0 saturated carbocycles. The minimum Gasteiger partial charge on any atom is -0.351 e. The fourth-order valence-corrected chi connectivity index (χ4v) is 4.51. The summed E-state index contributed by atoms with van der Waals surface area (Å²) >= 11 is 0. The Morgan fingerprint density at radius 1 is 1.03 bits per heavy atom. The van der Waals surface area contributed by atoms with Gasteiger partial charge in [0.05, 0.1) is 17.7 Å². The summed E-state index contributed by atoms with van der Waals surface area (Å²) in [5, 5.41) is 0.354. The number of nitrogens with zero attached hydrogens (tertiary/aromatic N) is 3. The number of amides is 2. The van der Waals surface area contributed by atoms with E-state index in [0.29, 0.717) is 17.0 Å². The molecule has 186 valence electrons. The van der Waals surface area contributed by atoms with E-state index >= 15 is 0 Å². The van der Waals surface area contributed by atoms with Gasteiger partial charge < -0.3 is 15.1 Å². The van der Waals surface area contributed by atoms with Crippen LogP contribution in [0.5, 0.6) is 0 Å². The van der Waals surface area contributed by atoms with Crippen LogP contribution >= 0.6 is 0 Å². The summed E-state index contributed by atoms with van der Waals surface area (Å²) in [5.41, 5.74) is -2.21. The quantitative estimate of drug-likeness (QED) is 0.621. The van der Waals surface area contributed by atoms with Gasteiger partial charge in [-0.15, -0.1) is 0 Å². The number of piperazine rings is 1. The normalized spacial score (nSPS) is 17.6. The van der Waals surface area contributed by atoms with Crippen LogP contribution in [0, 0.1) is 0 Å². The highest BCUT2D eigenvalue weighted by atomic mass is 32.2. The number of anilines is 2. The second-order valence-corrected chi connectivity index (χ2v) is 9.33. The Morgan fingerprint density at radius 2 is 1.68 bits per heavy atom. The Bertz CT molecular complexity index is 1140. The predicted molar refractivity (Wildman–Crippen MR) is 107 cm³/mol. The average molecular weight is 514 g/mol. The molecular formula is C19H17F7N4O3S. The molecule has 1 atom stereocenters. The number of carbonyl (C=O) groups is 1. The number of pyridine rings is 1.